The van der Waals surface area contributed by atoms with Crippen LogP contribution in [-0.4, -0.2) is 4.99 Å². The third kappa shape index (κ3) is 2.53. The summed E-state index contributed by atoms with van der Waals surface area (Å²) in [4.78, 5) is 0.372. The van der Waals surface area contributed by atoms with Crippen LogP contribution in [0.1, 0.15) is 5.56 Å². The minimum absolute atomic E-state index is 0.288. The van der Waals surface area contributed by atoms with Crippen molar-refractivity contribution >= 4 is 33.1 Å². The highest BCUT2D eigenvalue weighted by atomic mass is 79.9. The van der Waals surface area contributed by atoms with Gasteiger partial charge in [0.25, 0.3) is 0 Å². The molecular formula is C8H7BrFNS. The predicted molar refractivity (Wildman–Crippen MR) is 54.6 cm³/mol. The minimum Gasteiger partial charge on any atom is -0.393 e. The van der Waals surface area contributed by atoms with E-state index in [1.807, 2.05) is 0 Å². The number of hydrogen-bond acceptors (Lipinski definition) is 1. The molecule has 1 aromatic carbocycles. The zero-order chi connectivity index (χ0) is 9.14. The predicted octanol–water partition coefficient (Wildman–Crippen LogP) is 2.42. The SMILES string of the molecule is NC(=S)Cc1ccc(Br)c(F)c1. The zero-order valence-corrected chi connectivity index (χ0v) is 8.58. The first-order chi connectivity index (χ1) is 5.59. The molecule has 0 saturated heterocycles. The Hall–Kier alpha value is -0.480. The summed E-state index contributed by atoms with van der Waals surface area (Å²) in [6.45, 7) is 0. The van der Waals surface area contributed by atoms with Gasteiger partial charge in [-0.25, -0.2) is 4.39 Å². The monoisotopic (exact) mass is 247 g/mol. The highest BCUT2D eigenvalue weighted by Crippen LogP contribution is 2.16. The molecule has 0 aliphatic carbocycles. The van der Waals surface area contributed by atoms with E-state index in [0.717, 1.165) is 5.56 Å². The molecule has 0 heterocycles. The molecule has 0 aliphatic heterocycles. The van der Waals surface area contributed by atoms with Crippen LogP contribution in [-0.2, 0) is 6.42 Å². The molecular weight excluding hydrogens is 241 g/mol. The van der Waals surface area contributed by atoms with Crippen molar-refractivity contribution in [2.75, 3.05) is 0 Å². The van der Waals surface area contributed by atoms with E-state index in [4.69, 9.17) is 18.0 Å². The van der Waals surface area contributed by atoms with E-state index < -0.39 is 0 Å². The average molecular weight is 248 g/mol. The lowest BCUT2D eigenvalue weighted by Crippen LogP contribution is -2.11. The Kier molecular flexibility index (Phi) is 3.17. The summed E-state index contributed by atoms with van der Waals surface area (Å²) < 4.78 is 13.4. The van der Waals surface area contributed by atoms with Crippen LogP contribution < -0.4 is 5.73 Å². The number of hydrogen-bond donors (Lipinski definition) is 1. The highest BCUT2D eigenvalue weighted by molar-refractivity contribution is 9.10. The molecule has 1 rings (SSSR count). The summed E-state index contributed by atoms with van der Waals surface area (Å²) >= 11 is 7.75. The molecule has 4 heteroatoms. The van der Waals surface area contributed by atoms with Crippen LogP contribution in [0.2, 0.25) is 0 Å². The molecule has 0 fully saturated rings. The third-order valence-corrected chi connectivity index (χ3v) is 2.15. The standard InChI is InChI=1S/C8H7BrFNS/c9-6-2-1-5(3-7(6)10)4-8(11)12/h1-3H,4H2,(H2,11,12). The molecule has 0 amide bonds. The van der Waals surface area contributed by atoms with Gasteiger partial charge in [0.05, 0.1) is 9.46 Å². The highest BCUT2D eigenvalue weighted by Gasteiger charge is 2.00. The summed E-state index contributed by atoms with van der Waals surface area (Å²) in [7, 11) is 0. The normalized spacial score (nSPS) is 9.83. The smallest absolute Gasteiger partial charge is 0.137 e. The Labute approximate surface area is 83.9 Å². The van der Waals surface area contributed by atoms with E-state index in [1.165, 1.54) is 6.07 Å². The Morgan fingerprint density at radius 1 is 1.58 bits per heavy atom. The van der Waals surface area contributed by atoms with E-state index in [1.54, 1.807) is 12.1 Å². The van der Waals surface area contributed by atoms with Gasteiger partial charge >= 0.3 is 0 Å². The van der Waals surface area contributed by atoms with Crippen molar-refractivity contribution < 1.29 is 4.39 Å². The average Bonchev–Trinajstić information content (AvgIpc) is 1.96. The molecule has 2 N–H and O–H groups in total. The quantitative estimate of drug-likeness (QED) is 0.813. The summed E-state index contributed by atoms with van der Waals surface area (Å²) in [5.74, 6) is -0.288. The van der Waals surface area contributed by atoms with Gasteiger partial charge in [0, 0.05) is 6.42 Å². The van der Waals surface area contributed by atoms with Crippen molar-refractivity contribution in [3.8, 4) is 0 Å². The summed E-state index contributed by atoms with van der Waals surface area (Å²) in [6.07, 6.45) is 0.444. The minimum atomic E-state index is -0.288. The molecule has 0 radical (unpaired) electrons. The molecule has 64 valence electrons. The number of rotatable bonds is 2. The van der Waals surface area contributed by atoms with Gasteiger partial charge in [-0.2, -0.15) is 0 Å². The molecule has 0 unspecified atom stereocenters. The van der Waals surface area contributed by atoms with E-state index in [-0.39, 0.29) is 5.82 Å². The Morgan fingerprint density at radius 2 is 2.25 bits per heavy atom. The Morgan fingerprint density at radius 3 is 2.75 bits per heavy atom. The van der Waals surface area contributed by atoms with E-state index in [0.29, 0.717) is 15.9 Å². The molecule has 0 spiro atoms. The molecule has 1 nitrogen and oxygen atoms in total. The maximum atomic E-state index is 12.9. The number of nitrogens with two attached hydrogens (primary N) is 1. The van der Waals surface area contributed by atoms with Crippen molar-refractivity contribution in [3.05, 3.63) is 34.1 Å². The van der Waals surface area contributed by atoms with Gasteiger partial charge in [-0.05, 0) is 33.6 Å². The van der Waals surface area contributed by atoms with Crippen LogP contribution in [0, 0.1) is 5.82 Å². The van der Waals surface area contributed by atoms with Crippen molar-refractivity contribution in [1.82, 2.24) is 0 Å². The van der Waals surface area contributed by atoms with Crippen LogP contribution in [0.4, 0.5) is 4.39 Å². The topological polar surface area (TPSA) is 26.0 Å². The first-order valence-corrected chi connectivity index (χ1v) is 4.52. The Bertz CT molecular complexity index is 314. The summed E-state index contributed by atoms with van der Waals surface area (Å²) in [5, 5.41) is 0. The lowest BCUT2D eigenvalue weighted by atomic mass is 10.1. The molecule has 0 atom stereocenters. The van der Waals surface area contributed by atoms with Crippen molar-refractivity contribution in [1.29, 1.82) is 0 Å². The largest absolute Gasteiger partial charge is 0.393 e. The number of thiocarbonyl (C=S) groups is 1. The molecule has 0 aromatic heterocycles. The fraction of sp³-hybridized carbons (Fsp3) is 0.125. The maximum Gasteiger partial charge on any atom is 0.137 e. The van der Waals surface area contributed by atoms with Gasteiger partial charge in [-0.15, -0.1) is 0 Å². The second kappa shape index (κ2) is 3.96. The van der Waals surface area contributed by atoms with Crippen LogP contribution in [0.15, 0.2) is 22.7 Å². The lowest BCUT2D eigenvalue weighted by Gasteiger charge is -2.00. The van der Waals surface area contributed by atoms with Gasteiger partial charge in [0.15, 0.2) is 0 Å². The van der Waals surface area contributed by atoms with Crippen molar-refractivity contribution in [2.45, 2.75) is 6.42 Å². The lowest BCUT2D eigenvalue weighted by molar-refractivity contribution is 0.619. The fourth-order valence-corrected chi connectivity index (χ4v) is 1.26. The molecule has 0 aliphatic rings. The van der Waals surface area contributed by atoms with Crippen LogP contribution in [0.25, 0.3) is 0 Å². The molecule has 12 heavy (non-hydrogen) atoms. The van der Waals surface area contributed by atoms with Crippen LogP contribution >= 0.6 is 28.1 Å². The first kappa shape index (κ1) is 9.61. The summed E-state index contributed by atoms with van der Waals surface area (Å²) in [5.41, 5.74) is 6.10. The third-order valence-electron chi connectivity index (χ3n) is 1.36. The second-order valence-corrected chi connectivity index (χ2v) is 3.77. The van der Waals surface area contributed by atoms with Crippen LogP contribution in [0.3, 0.4) is 0 Å². The molecule has 0 bridgehead atoms. The zero-order valence-electron chi connectivity index (χ0n) is 6.18. The maximum absolute atomic E-state index is 12.9. The molecule has 1 aromatic rings. The number of halogens is 2. The fourth-order valence-electron chi connectivity index (χ4n) is 0.851. The van der Waals surface area contributed by atoms with Gasteiger partial charge in [0.1, 0.15) is 5.82 Å². The van der Waals surface area contributed by atoms with Gasteiger partial charge in [-0.3, -0.25) is 0 Å². The second-order valence-electron chi connectivity index (χ2n) is 2.39. The van der Waals surface area contributed by atoms with E-state index >= 15 is 0 Å². The first-order valence-electron chi connectivity index (χ1n) is 3.32. The van der Waals surface area contributed by atoms with Crippen molar-refractivity contribution in [3.63, 3.8) is 0 Å². The van der Waals surface area contributed by atoms with Crippen molar-refractivity contribution in [2.24, 2.45) is 5.73 Å². The summed E-state index contributed by atoms with van der Waals surface area (Å²) in [6, 6.07) is 4.85. The molecule has 0 saturated carbocycles. The van der Waals surface area contributed by atoms with E-state index in [9.17, 15) is 4.39 Å². The van der Waals surface area contributed by atoms with Crippen LogP contribution in [0.5, 0.6) is 0 Å². The van der Waals surface area contributed by atoms with Gasteiger partial charge in [-0.1, -0.05) is 18.3 Å². The van der Waals surface area contributed by atoms with Gasteiger partial charge in [0.2, 0.25) is 0 Å². The Balaban J connectivity index is 2.89. The number of benzene rings is 1. The van der Waals surface area contributed by atoms with E-state index in [2.05, 4.69) is 15.9 Å². The van der Waals surface area contributed by atoms with Gasteiger partial charge < -0.3 is 5.73 Å².